The molecule has 7 rings (SSSR count). The minimum atomic E-state index is -0.483. The van der Waals surface area contributed by atoms with Crippen LogP contribution in [0.15, 0.2) is 90.0 Å². The number of benzene rings is 3. The molecule has 0 spiro atoms. The first-order valence-electron chi connectivity index (χ1n) is 16.7. The van der Waals surface area contributed by atoms with E-state index in [9.17, 15) is 19.2 Å². The van der Waals surface area contributed by atoms with Gasteiger partial charge in [-0.15, -0.1) is 0 Å². The lowest BCUT2D eigenvalue weighted by Crippen LogP contribution is -2.47. The molecule has 51 heavy (non-hydrogen) atoms. The van der Waals surface area contributed by atoms with Crippen LogP contribution in [0.1, 0.15) is 54.2 Å². The predicted molar refractivity (Wildman–Crippen MR) is 197 cm³/mol. The highest BCUT2D eigenvalue weighted by Gasteiger charge is 2.26. The van der Waals surface area contributed by atoms with Crippen molar-refractivity contribution in [3.05, 3.63) is 112 Å². The van der Waals surface area contributed by atoms with Crippen LogP contribution in [0.3, 0.4) is 0 Å². The van der Waals surface area contributed by atoms with Gasteiger partial charge in [0.05, 0.1) is 23.3 Å². The first kappa shape index (κ1) is 33.0. The number of hydrogen-bond donors (Lipinski definition) is 4. The molecule has 3 amide bonds. The number of H-pyrrole nitrogens is 1. The topological polar surface area (TPSA) is 151 Å². The van der Waals surface area contributed by atoms with Crippen LogP contribution < -0.4 is 21.6 Å². The second kappa shape index (κ2) is 13.8. The summed E-state index contributed by atoms with van der Waals surface area (Å²) >= 11 is 0. The molecule has 11 heteroatoms. The summed E-state index contributed by atoms with van der Waals surface area (Å²) in [6.07, 6.45) is 4.21. The van der Waals surface area contributed by atoms with Crippen molar-refractivity contribution in [2.24, 2.45) is 7.05 Å². The van der Waals surface area contributed by atoms with Crippen molar-refractivity contribution in [2.75, 3.05) is 11.9 Å². The van der Waals surface area contributed by atoms with E-state index in [4.69, 9.17) is 4.98 Å². The summed E-state index contributed by atoms with van der Waals surface area (Å²) in [4.78, 5) is 60.8. The van der Waals surface area contributed by atoms with Crippen molar-refractivity contribution < 1.29 is 14.4 Å². The summed E-state index contributed by atoms with van der Waals surface area (Å²) in [5.74, 6) is 5.24. The van der Waals surface area contributed by atoms with E-state index < -0.39 is 6.04 Å². The van der Waals surface area contributed by atoms with Gasteiger partial charge in [-0.25, -0.2) is 4.79 Å². The Labute approximate surface area is 293 Å². The number of pyridine rings is 2. The van der Waals surface area contributed by atoms with Crippen molar-refractivity contribution >= 4 is 45.2 Å². The van der Waals surface area contributed by atoms with Gasteiger partial charge in [0.2, 0.25) is 11.8 Å². The molecule has 1 aliphatic rings. The van der Waals surface area contributed by atoms with Crippen LogP contribution in [0.25, 0.3) is 44.2 Å². The maximum Gasteiger partial charge on any atom is 0.326 e. The zero-order valence-electron chi connectivity index (χ0n) is 28.3. The number of aryl methyl sites for hydroxylation is 1. The number of imide groups is 1. The fraction of sp³-hybridized carbons (Fsp3) is 0.200. The Morgan fingerprint density at radius 3 is 2.61 bits per heavy atom. The van der Waals surface area contributed by atoms with E-state index in [1.54, 1.807) is 23.9 Å². The Morgan fingerprint density at radius 1 is 0.980 bits per heavy atom. The molecule has 6 aromatic rings. The van der Waals surface area contributed by atoms with E-state index in [1.165, 1.54) is 0 Å². The number of aromatic amines is 1. The van der Waals surface area contributed by atoms with Crippen LogP contribution >= 0.6 is 0 Å². The zero-order valence-corrected chi connectivity index (χ0v) is 28.3. The Hall–Kier alpha value is -6.54. The standard InChI is InChI=1S/C40H35N7O4/c1-23(2)30-18-27(20-35-37(30)47(3)40(51)45-35)29-11-5-9-25-19-34(43-22-31(25)29)26-12-13-32(42-21-26)38(49)41-16-6-8-24-7-4-10-28(17-24)44-33-14-15-36(48)46-39(33)50/h4-5,7,9-13,17-23,33,44H,14-16H2,1-3H3,(H,41,49)(H,45,51)(H,46,48,50)/t33-/m1/s1. The van der Waals surface area contributed by atoms with Crippen molar-refractivity contribution in [3.8, 4) is 34.2 Å². The number of carbonyl (C=O) groups excluding carboxylic acids is 3. The molecule has 0 unspecified atom stereocenters. The first-order valence-corrected chi connectivity index (χ1v) is 16.7. The third kappa shape index (κ3) is 6.85. The van der Waals surface area contributed by atoms with E-state index in [-0.39, 0.29) is 41.6 Å². The van der Waals surface area contributed by atoms with Gasteiger partial charge in [0.25, 0.3) is 5.91 Å². The molecule has 4 heterocycles. The SMILES string of the molecule is CC(C)c1cc(-c2cccc3cc(-c4ccc(C(=O)NCC#Cc5cccc(N[C@@H]6CCC(=O)NC6=O)c5)nc4)ncc23)cc2[nH]c(=O)n(C)c12. The molecular formula is C40H35N7O4. The van der Waals surface area contributed by atoms with Gasteiger partial charge in [-0.3, -0.25) is 34.2 Å². The highest BCUT2D eigenvalue weighted by molar-refractivity contribution is 6.02. The minimum Gasteiger partial charge on any atom is -0.374 e. The molecular weight excluding hydrogens is 642 g/mol. The number of imidazole rings is 1. The smallest absolute Gasteiger partial charge is 0.326 e. The third-order valence-electron chi connectivity index (χ3n) is 9.02. The molecule has 0 bridgehead atoms. The fourth-order valence-corrected chi connectivity index (χ4v) is 6.36. The van der Waals surface area contributed by atoms with E-state index in [1.807, 2.05) is 60.8 Å². The van der Waals surface area contributed by atoms with Crippen LogP contribution in [0, 0.1) is 11.8 Å². The molecule has 0 saturated carbocycles. The van der Waals surface area contributed by atoms with Gasteiger partial charge >= 0.3 is 5.69 Å². The summed E-state index contributed by atoms with van der Waals surface area (Å²) in [5, 5.41) is 10.2. The molecule has 1 saturated heterocycles. The number of carbonyl (C=O) groups is 3. The molecule has 1 fully saturated rings. The van der Waals surface area contributed by atoms with Gasteiger partial charge in [0.15, 0.2) is 0 Å². The molecule has 1 aliphatic heterocycles. The summed E-state index contributed by atoms with van der Waals surface area (Å²) in [6.45, 7) is 4.37. The molecule has 1 atom stereocenters. The van der Waals surface area contributed by atoms with Crippen LogP contribution in [-0.2, 0) is 16.6 Å². The van der Waals surface area contributed by atoms with Crippen LogP contribution in [-0.4, -0.2) is 49.8 Å². The highest BCUT2D eigenvalue weighted by Crippen LogP contribution is 2.35. The van der Waals surface area contributed by atoms with E-state index in [0.717, 1.165) is 55.4 Å². The largest absolute Gasteiger partial charge is 0.374 e. The normalized spacial score (nSPS) is 14.3. The van der Waals surface area contributed by atoms with Crippen LogP contribution in [0.4, 0.5) is 5.69 Å². The number of amides is 3. The quantitative estimate of drug-likeness (QED) is 0.133. The molecule has 254 valence electrons. The number of rotatable bonds is 7. The average molecular weight is 678 g/mol. The third-order valence-corrected chi connectivity index (χ3v) is 9.02. The van der Waals surface area contributed by atoms with Gasteiger partial charge in [0, 0.05) is 48.1 Å². The fourth-order valence-electron chi connectivity index (χ4n) is 6.36. The zero-order chi connectivity index (χ0) is 35.6. The molecule has 3 aromatic heterocycles. The Kier molecular flexibility index (Phi) is 8.90. The number of nitrogens with one attached hydrogen (secondary N) is 4. The number of fused-ring (bicyclic) bond motifs is 2. The minimum absolute atomic E-state index is 0.119. The van der Waals surface area contributed by atoms with Crippen molar-refractivity contribution in [1.29, 1.82) is 0 Å². The van der Waals surface area contributed by atoms with Crippen LogP contribution in [0.2, 0.25) is 0 Å². The maximum atomic E-state index is 12.8. The Balaban J connectivity index is 1.02. The second-order valence-corrected chi connectivity index (χ2v) is 12.8. The second-order valence-electron chi connectivity index (χ2n) is 12.8. The molecule has 11 nitrogen and oxygen atoms in total. The Morgan fingerprint density at radius 2 is 1.82 bits per heavy atom. The number of hydrogen-bond acceptors (Lipinski definition) is 7. The molecule has 4 N–H and O–H groups in total. The van der Waals surface area contributed by atoms with Crippen molar-refractivity contribution in [2.45, 2.75) is 38.6 Å². The van der Waals surface area contributed by atoms with Gasteiger partial charge in [0.1, 0.15) is 11.7 Å². The van der Waals surface area contributed by atoms with E-state index >= 15 is 0 Å². The highest BCUT2D eigenvalue weighted by atomic mass is 16.2. The van der Waals surface area contributed by atoms with Gasteiger partial charge in [-0.1, -0.05) is 50.0 Å². The first-order chi connectivity index (χ1) is 24.6. The monoisotopic (exact) mass is 677 g/mol. The van der Waals surface area contributed by atoms with Crippen molar-refractivity contribution in [1.82, 2.24) is 30.2 Å². The van der Waals surface area contributed by atoms with Gasteiger partial charge < -0.3 is 15.6 Å². The molecule has 3 aromatic carbocycles. The van der Waals surface area contributed by atoms with E-state index in [2.05, 4.69) is 63.7 Å². The van der Waals surface area contributed by atoms with E-state index in [0.29, 0.717) is 18.4 Å². The maximum absolute atomic E-state index is 12.8. The molecule has 0 aliphatic carbocycles. The average Bonchev–Trinajstić information content (AvgIpc) is 3.42. The number of aromatic nitrogens is 4. The summed E-state index contributed by atoms with van der Waals surface area (Å²) in [7, 11) is 1.79. The Bertz CT molecular complexity index is 2470. The van der Waals surface area contributed by atoms with Gasteiger partial charge in [-0.05, 0) is 82.9 Å². The van der Waals surface area contributed by atoms with Gasteiger partial charge in [-0.2, -0.15) is 0 Å². The summed E-state index contributed by atoms with van der Waals surface area (Å²) in [5.41, 5.74) is 7.89. The lowest BCUT2D eigenvalue weighted by atomic mass is 9.93. The summed E-state index contributed by atoms with van der Waals surface area (Å²) in [6, 6.07) is 22.6. The van der Waals surface area contributed by atoms with Crippen LogP contribution in [0.5, 0.6) is 0 Å². The lowest BCUT2D eigenvalue weighted by molar-refractivity contribution is -0.133. The number of piperidine rings is 1. The summed E-state index contributed by atoms with van der Waals surface area (Å²) < 4.78 is 1.66. The molecule has 0 radical (unpaired) electrons. The predicted octanol–water partition coefficient (Wildman–Crippen LogP) is 5.27. The number of anilines is 1. The number of nitrogens with zero attached hydrogens (tertiary/aromatic N) is 3. The lowest BCUT2D eigenvalue weighted by Gasteiger charge is -2.22. The van der Waals surface area contributed by atoms with Crippen molar-refractivity contribution in [3.63, 3.8) is 0 Å².